The minimum absolute atomic E-state index is 0.0684. The third-order valence-electron chi connectivity index (χ3n) is 4.80. The molecule has 0 unspecified atom stereocenters. The van der Waals surface area contributed by atoms with Gasteiger partial charge < -0.3 is 10.6 Å². The van der Waals surface area contributed by atoms with Crippen LogP contribution in [0.4, 0.5) is 11.5 Å². The van der Waals surface area contributed by atoms with Crippen molar-refractivity contribution in [2.75, 3.05) is 5.32 Å². The maximum Gasteiger partial charge on any atom is 0.252 e. The van der Waals surface area contributed by atoms with Crippen LogP contribution in [-0.2, 0) is 0 Å². The number of fused-ring (bicyclic) bond motifs is 1. The van der Waals surface area contributed by atoms with Crippen LogP contribution in [0.1, 0.15) is 56.0 Å². The van der Waals surface area contributed by atoms with Crippen molar-refractivity contribution >= 4 is 28.3 Å². The Balaban J connectivity index is 1.95. The lowest BCUT2D eigenvalue weighted by Crippen LogP contribution is -2.32. The van der Waals surface area contributed by atoms with E-state index >= 15 is 0 Å². The molecule has 3 rings (SSSR count). The summed E-state index contributed by atoms with van der Waals surface area (Å²) in [5.41, 5.74) is 3.69. The zero-order valence-electron chi connectivity index (χ0n) is 16.4. The van der Waals surface area contributed by atoms with Gasteiger partial charge in [0.1, 0.15) is 5.82 Å². The van der Waals surface area contributed by atoms with Crippen LogP contribution in [0.25, 0.3) is 10.9 Å². The number of para-hydroxylation sites is 1. The van der Waals surface area contributed by atoms with Crippen molar-refractivity contribution < 1.29 is 4.79 Å². The average molecular weight is 361 g/mol. The molecule has 0 saturated heterocycles. The van der Waals surface area contributed by atoms with Crippen molar-refractivity contribution in [3.8, 4) is 0 Å². The van der Waals surface area contributed by atoms with Crippen molar-refractivity contribution in [3.05, 3.63) is 65.7 Å². The van der Waals surface area contributed by atoms with E-state index in [9.17, 15) is 4.79 Å². The van der Waals surface area contributed by atoms with Crippen molar-refractivity contribution in [2.45, 2.75) is 46.1 Å². The fourth-order valence-electron chi connectivity index (χ4n) is 2.93. The highest BCUT2D eigenvalue weighted by Gasteiger charge is 2.14. The highest BCUT2D eigenvalue weighted by Crippen LogP contribution is 2.24. The summed E-state index contributed by atoms with van der Waals surface area (Å²) >= 11 is 0. The standard InChI is InChI=1S/C23H27N3O/c1-5-16(4)24-23(27)20-14-22(26-21-9-7-6-8-19(20)21)25-18-12-10-17(11-13-18)15(2)3/h6-16H,5H2,1-4H3,(H,24,27)(H,25,26)/t16-/m1/s1. The van der Waals surface area contributed by atoms with Crippen LogP contribution in [0, 0.1) is 0 Å². The molecule has 1 aromatic heterocycles. The second-order valence-corrected chi connectivity index (χ2v) is 7.26. The van der Waals surface area contributed by atoms with Crippen molar-refractivity contribution in [3.63, 3.8) is 0 Å². The predicted molar refractivity (Wildman–Crippen MR) is 113 cm³/mol. The molecule has 27 heavy (non-hydrogen) atoms. The fourth-order valence-corrected chi connectivity index (χ4v) is 2.93. The van der Waals surface area contributed by atoms with Gasteiger partial charge >= 0.3 is 0 Å². The SMILES string of the molecule is CC[C@@H](C)NC(=O)c1cc(Nc2ccc(C(C)C)cc2)nc2ccccc12. The van der Waals surface area contributed by atoms with E-state index in [2.05, 4.69) is 48.5 Å². The first-order chi connectivity index (χ1) is 13.0. The first kappa shape index (κ1) is 18.9. The Labute approximate surface area is 161 Å². The second kappa shape index (κ2) is 8.21. The summed E-state index contributed by atoms with van der Waals surface area (Å²) < 4.78 is 0. The Hall–Kier alpha value is -2.88. The quantitative estimate of drug-likeness (QED) is 0.598. The highest BCUT2D eigenvalue weighted by molar-refractivity contribution is 6.07. The molecule has 1 amide bonds. The smallest absolute Gasteiger partial charge is 0.252 e. The van der Waals surface area contributed by atoms with Crippen LogP contribution in [0.15, 0.2) is 54.6 Å². The van der Waals surface area contributed by atoms with Gasteiger partial charge in [-0.3, -0.25) is 4.79 Å². The zero-order chi connectivity index (χ0) is 19.4. The molecular weight excluding hydrogens is 334 g/mol. The predicted octanol–water partition coefficient (Wildman–Crippen LogP) is 5.63. The van der Waals surface area contributed by atoms with Gasteiger partial charge in [-0.05, 0) is 49.1 Å². The van der Waals surface area contributed by atoms with Gasteiger partial charge in [0.15, 0.2) is 0 Å². The number of amides is 1. The lowest BCUT2D eigenvalue weighted by molar-refractivity contribution is 0.0941. The first-order valence-electron chi connectivity index (χ1n) is 9.55. The maximum atomic E-state index is 12.8. The van der Waals surface area contributed by atoms with Gasteiger partial charge in [-0.2, -0.15) is 0 Å². The van der Waals surface area contributed by atoms with Gasteiger partial charge in [0, 0.05) is 17.1 Å². The molecule has 2 aromatic carbocycles. The van der Waals surface area contributed by atoms with Crippen LogP contribution < -0.4 is 10.6 Å². The number of rotatable bonds is 6. The minimum atomic E-state index is -0.0684. The Morgan fingerprint density at radius 1 is 1.04 bits per heavy atom. The summed E-state index contributed by atoms with van der Waals surface area (Å²) in [6.45, 7) is 8.42. The largest absolute Gasteiger partial charge is 0.350 e. The molecule has 0 aliphatic carbocycles. The Kier molecular flexibility index (Phi) is 5.75. The molecule has 0 aliphatic heterocycles. The molecule has 3 aromatic rings. The first-order valence-corrected chi connectivity index (χ1v) is 9.55. The average Bonchev–Trinajstić information content (AvgIpc) is 2.67. The van der Waals surface area contributed by atoms with Crippen LogP contribution in [0.5, 0.6) is 0 Å². The van der Waals surface area contributed by atoms with E-state index in [-0.39, 0.29) is 11.9 Å². The summed E-state index contributed by atoms with van der Waals surface area (Å²) in [6.07, 6.45) is 0.891. The molecule has 0 aliphatic rings. The van der Waals surface area contributed by atoms with Gasteiger partial charge in [-0.1, -0.05) is 51.1 Å². The van der Waals surface area contributed by atoms with Crippen LogP contribution >= 0.6 is 0 Å². The molecule has 0 fully saturated rings. The Morgan fingerprint density at radius 3 is 2.41 bits per heavy atom. The number of aromatic nitrogens is 1. The maximum absolute atomic E-state index is 12.8. The van der Waals surface area contributed by atoms with E-state index in [0.29, 0.717) is 17.3 Å². The topological polar surface area (TPSA) is 54.0 Å². The number of nitrogens with zero attached hydrogens (tertiary/aromatic N) is 1. The lowest BCUT2D eigenvalue weighted by atomic mass is 10.0. The Morgan fingerprint density at radius 2 is 1.74 bits per heavy atom. The monoisotopic (exact) mass is 361 g/mol. The normalized spacial score (nSPS) is 12.2. The molecule has 4 nitrogen and oxygen atoms in total. The summed E-state index contributed by atoms with van der Waals surface area (Å²) in [7, 11) is 0. The molecular formula is C23H27N3O. The lowest BCUT2D eigenvalue weighted by Gasteiger charge is -2.15. The van der Waals surface area contributed by atoms with E-state index in [4.69, 9.17) is 0 Å². The van der Waals surface area contributed by atoms with E-state index in [1.807, 2.05) is 49.4 Å². The molecule has 0 spiro atoms. The molecule has 140 valence electrons. The summed E-state index contributed by atoms with van der Waals surface area (Å²) in [4.78, 5) is 17.5. The number of anilines is 2. The summed E-state index contributed by atoms with van der Waals surface area (Å²) in [5.74, 6) is 1.09. The van der Waals surface area contributed by atoms with Crippen molar-refractivity contribution in [2.24, 2.45) is 0 Å². The van der Waals surface area contributed by atoms with E-state index in [1.54, 1.807) is 0 Å². The Bertz CT molecular complexity index is 932. The number of nitrogens with one attached hydrogen (secondary N) is 2. The van der Waals surface area contributed by atoms with E-state index < -0.39 is 0 Å². The third-order valence-corrected chi connectivity index (χ3v) is 4.80. The fraction of sp³-hybridized carbons (Fsp3) is 0.304. The van der Waals surface area contributed by atoms with E-state index in [1.165, 1.54) is 5.56 Å². The second-order valence-electron chi connectivity index (χ2n) is 7.26. The zero-order valence-corrected chi connectivity index (χ0v) is 16.4. The molecule has 1 heterocycles. The number of hydrogen-bond donors (Lipinski definition) is 2. The summed E-state index contributed by atoms with van der Waals surface area (Å²) in [5, 5.41) is 7.25. The number of hydrogen-bond acceptors (Lipinski definition) is 3. The molecule has 4 heteroatoms. The van der Waals surface area contributed by atoms with Gasteiger partial charge in [0.05, 0.1) is 11.1 Å². The summed E-state index contributed by atoms with van der Waals surface area (Å²) in [6, 6.07) is 18.0. The molecule has 2 N–H and O–H groups in total. The number of carbonyl (C=O) groups is 1. The number of benzene rings is 2. The van der Waals surface area contributed by atoms with Crippen LogP contribution in [0.3, 0.4) is 0 Å². The highest BCUT2D eigenvalue weighted by atomic mass is 16.1. The molecule has 0 radical (unpaired) electrons. The van der Waals surface area contributed by atoms with Crippen molar-refractivity contribution in [1.82, 2.24) is 10.3 Å². The van der Waals surface area contributed by atoms with Crippen LogP contribution in [0.2, 0.25) is 0 Å². The minimum Gasteiger partial charge on any atom is -0.350 e. The molecule has 0 bridgehead atoms. The van der Waals surface area contributed by atoms with Crippen LogP contribution in [-0.4, -0.2) is 16.9 Å². The number of pyridine rings is 1. The molecule has 1 atom stereocenters. The van der Waals surface area contributed by atoms with Gasteiger partial charge in [0.2, 0.25) is 0 Å². The van der Waals surface area contributed by atoms with Gasteiger partial charge in [0.25, 0.3) is 5.91 Å². The number of carbonyl (C=O) groups excluding carboxylic acids is 1. The van der Waals surface area contributed by atoms with Gasteiger partial charge in [-0.15, -0.1) is 0 Å². The van der Waals surface area contributed by atoms with Crippen molar-refractivity contribution in [1.29, 1.82) is 0 Å². The van der Waals surface area contributed by atoms with Gasteiger partial charge in [-0.25, -0.2) is 4.98 Å². The molecule has 0 saturated carbocycles. The van der Waals surface area contributed by atoms with E-state index in [0.717, 1.165) is 23.0 Å². The third kappa shape index (κ3) is 4.45.